The highest BCUT2D eigenvalue weighted by Crippen LogP contribution is 2.12. The van der Waals surface area contributed by atoms with Crippen LogP contribution < -0.4 is 5.73 Å². The number of nitrogens with two attached hydrogens (primary N) is 1. The van der Waals surface area contributed by atoms with Crippen molar-refractivity contribution in [3.05, 3.63) is 30.1 Å². The van der Waals surface area contributed by atoms with Gasteiger partial charge in [-0.3, -0.25) is 4.98 Å². The van der Waals surface area contributed by atoms with E-state index in [1.165, 1.54) is 0 Å². The molecule has 0 unspecified atom stereocenters. The molecule has 11 heavy (non-hydrogen) atoms. The summed E-state index contributed by atoms with van der Waals surface area (Å²) in [6, 6.07) is 3.82. The van der Waals surface area contributed by atoms with Crippen LogP contribution in [0.1, 0.15) is 11.7 Å². The van der Waals surface area contributed by atoms with Crippen LogP contribution in [0.25, 0.3) is 0 Å². The summed E-state index contributed by atoms with van der Waals surface area (Å²) < 4.78 is 5.12. The molecule has 2 N–H and O–H groups in total. The van der Waals surface area contributed by atoms with Crippen LogP contribution in [0.5, 0.6) is 0 Å². The van der Waals surface area contributed by atoms with Gasteiger partial charge in [-0.15, -0.1) is 0 Å². The van der Waals surface area contributed by atoms with Crippen LogP contribution in [-0.4, -0.2) is 18.6 Å². The monoisotopic (exact) mass is 152 g/mol. The molecule has 1 aromatic rings. The Bertz CT molecular complexity index is 197. The quantitative estimate of drug-likeness (QED) is 0.694. The fourth-order valence-electron chi connectivity index (χ4n) is 0.935. The number of nitrogens with zero attached hydrogens (tertiary/aromatic N) is 1. The third-order valence-corrected chi connectivity index (χ3v) is 1.55. The maximum Gasteiger partial charge on any atom is 0.0958 e. The summed E-state index contributed by atoms with van der Waals surface area (Å²) >= 11 is 0. The fourth-order valence-corrected chi connectivity index (χ4v) is 0.935. The summed E-state index contributed by atoms with van der Waals surface area (Å²) in [4.78, 5) is 3.97. The molecule has 0 amide bonds. The molecular weight excluding hydrogens is 140 g/mol. The number of hydrogen-bond donors (Lipinski definition) is 1. The van der Waals surface area contributed by atoms with Crippen molar-refractivity contribution in [2.24, 2.45) is 5.73 Å². The van der Waals surface area contributed by atoms with Crippen molar-refractivity contribution in [2.45, 2.75) is 6.10 Å². The molecule has 0 aliphatic rings. The van der Waals surface area contributed by atoms with Gasteiger partial charge in [-0.25, -0.2) is 0 Å². The van der Waals surface area contributed by atoms with Crippen molar-refractivity contribution in [1.29, 1.82) is 0 Å². The lowest BCUT2D eigenvalue weighted by molar-refractivity contribution is 0.110. The van der Waals surface area contributed by atoms with Crippen LogP contribution >= 0.6 is 0 Å². The Hall–Kier alpha value is -0.930. The van der Waals surface area contributed by atoms with Gasteiger partial charge in [0.15, 0.2) is 0 Å². The molecule has 1 aromatic heterocycles. The van der Waals surface area contributed by atoms with Crippen LogP contribution in [0, 0.1) is 0 Å². The van der Waals surface area contributed by atoms with Gasteiger partial charge in [0.2, 0.25) is 0 Å². The van der Waals surface area contributed by atoms with E-state index in [1.807, 2.05) is 12.1 Å². The average Bonchev–Trinajstić information content (AvgIpc) is 2.09. The van der Waals surface area contributed by atoms with E-state index in [0.717, 1.165) is 5.56 Å². The first kappa shape index (κ1) is 8.17. The number of aromatic nitrogens is 1. The van der Waals surface area contributed by atoms with E-state index in [0.29, 0.717) is 6.54 Å². The molecule has 1 atom stereocenters. The van der Waals surface area contributed by atoms with Crippen molar-refractivity contribution >= 4 is 0 Å². The van der Waals surface area contributed by atoms with Crippen molar-refractivity contribution < 1.29 is 4.74 Å². The molecule has 60 valence electrons. The van der Waals surface area contributed by atoms with Crippen LogP contribution in [0.4, 0.5) is 0 Å². The van der Waals surface area contributed by atoms with Gasteiger partial charge in [0.25, 0.3) is 0 Å². The van der Waals surface area contributed by atoms with Crippen LogP contribution in [0.3, 0.4) is 0 Å². The van der Waals surface area contributed by atoms with Gasteiger partial charge >= 0.3 is 0 Å². The zero-order valence-corrected chi connectivity index (χ0v) is 6.53. The lowest BCUT2D eigenvalue weighted by Crippen LogP contribution is -2.14. The number of ether oxygens (including phenoxy) is 1. The van der Waals surface area contributed by atoms with Crippen LogP contribution in [0.15, 0.2) is 24.5 Å². The van der Waals surface area contributed by atoms with Gasteiger partial charge < -0.3 is 10.5 Å². The topological polar surface area (TPSA) is 48.1 Å². The molecule has 0 fully saturated rings. The molecule has 1 rings (SSSR count). The molecule has 0 aliphatic carbocycles. The second kappa shape index (κ2) is 4.05. The molecule has 0 spiro atoms. The zero-order chi connectivity index (χ0) is 8.10. The molecule has 0 saturated carbocycles. The van der Waals surface area contributed by atoms with E-state index < -0.39 is 0 Å². The largest absolute Gasteiger partial charge is 0.375 e. The third kappa shape index (κ3) is 2.00. The third-order valence-electron chi connectivity index (χ3n) is 1.55. The maximum absolute atomic E-state index is 5.46. The van der Waals surface area contributed by atoms with E-state index >= 15 is 0 Å². The SMILES string of the molecule is CO[C@H](CN)c1cccnc1. The van der Waals surface area contributed by atoms with E-state index in [1.54, 1.807) is 19.5 Å². The lowest BCUT2D eigenvalue weighted by atomic mass is 10.2. The van der Waals surface area contributed by atoms with Crippen molar-refractivity contribution in [3.8, 4) is 0 Å². The summed E-state index contributed by atoms with van der Waals surface area (Å²) in [6.45, 7) is 0.488. The summed E-state index contributed by atoms with van der Waals surface area (Å²) in [6.07, 6.45) is 3.47. The Labute approximate surface area is 66.2 Å². The molecule has 0 saturated heterocycles. The minimum absolute atomic E-state index is 0.0244. The fraction of sp³-hybridized carbons (Fsp3) is 0.375. The second-order valence-electron chi connectivity index (χ2n) is 2.25. The first-order valence-electron chi connectivity index (χ1n) is 3.51. The number of pyridine rings is 1. The smallest absolute Gasteiger partial charge is 0.0958 e. The summed E-state index contributed by atoms with van der Waals surface area (Å²) in [7, 11) is 1.64. The summed E-state index contributed by atoms with van der Waals surface area (Å²) in [5.41, 5.74) is 6.49. The van der Waals surface area contributed by atoms with E-state index in [-0.39, 0.29) is 6.10 Å². The minimum atomic E-state index is -0.0244. The minimum Gasteiger partial charge on any atom is -0.375 e. The Balaban J connectivity index is 2.74. The highest BCUT2D eigenvalue weighted by atomic mass is 16.5. The van der Waals surface area contributed by atoms with E-state index in [9.17, 15) is 0 Å². The molecule has 0 radical (unpaired) electrons. The van der Waals surface area contributed by atoms with Crippen molar-refractivity contribution in [1.82, 2.24) is 4.98 Å². The molecule has 0 bridgehead atoms. The predicted molar refractivity (Wildman–Crippen MR) is 43.0 cm³/mol. The zero-order valence-electron chi connectivity index (χ0n) is 6.53. The summed E-state index contributed by atoms with van der Waals surface area (Å²) in [5.74, 6) is 0. The Morgan fingerprint density at radius 3 is 3.00 bits per heavy atom. The average molecular weight is 152 g/mol. The molecule has 3 heteroatoms. The molecule has 0 aliphatic heterocycles. The molecule has 3 nitrogen and oxygen atoms in total. The Morgan fingerprint density at radius 2 is 2.55 bits per heavy atom. The first-order chi connectivity index (χ1) is 5.38. The number of hydrogen-bond acceptors (Lipinski definition) is 3. The number of rotatable bonds is 3. The van der Waals surface area contributed by atoms with Crippen molar-refractivity contribution in [3.63, 3.8) is 0 Å². The van der Waals surface area contributed by atoms with Gasteiger partial charge in [0.1, 0.15) is 0 Å². The molecule has 1 heterocycles. The predicted octanol–water partition coefficient (Wildman–Crippen LogP) is 0.728. The standard InChI is InChI=1S/C8H12N2O/c1-11-8(5-9)7-3-2-4-10-6-7/h2-4,6,8H,5,9H2,1H3/t8-/m1/s1. The molecular formula is C8H12N2O. The van der Waals surface area contributed by atoms with Crippen LogP contribution in [-0.2, 0) is 4.74 Å². The molecule has 0 aromatic carbocycles. The summed E-state index contributed by atoms with van der Waals surface area (Å²) in [5, 5.41) is 0. The maximum atomic E-state index is 5.46. The van der Waals surface area contributed by atoms with Gasteiger partial charge in [-0.2, -0.15) is 0 Å². The second-order valence-corrected chi connectivity index (χ2v) is 2.25. The Kier molecular flexibility index (Phi) is 3.01. The Morgan fingerprint density at radius 1 is 1.73 bits per heavy atom. The van der Waals surface area contributed by atoms with Gasteiger partial charge in [-0.05, 0) is 6.07 Å². The number of methoxy groups -OCH3 is 1. The normalized spacial score (nSPS) is 12.9. The van der Waals surface area contributed by atoms with Crippen molar-refractivity contribution in [2.75, 3.05) is 13.7 Å². The lowest BCUT2D eigenvalue weighted by Gasteiger charge is -2.11. The van der Waals surface area contributed by atoms with Gasteiger partial charge in [0.05, 0.1) is 6.10 Å². The highest BCUT2D eigenvalue weighted by molar-refractivity contribution is 5.12. The van der Waals surface area contributed by atoms with E-state index in [2.05, 4.69) is 4.98 Å². The highest BCUT2D eigenvalue weighted by Gasteiger charge is 2.05. The van der Waals surface area contributed by atoms with Gasteiger partial charge in [0, 0.05) is 31.6 Å². The van der Waals surface area contributed by atoms with Gasteiger partial charge in [-0.1, -0.05) is 6.07 Å². The van der Waals surface area contributed by atoms with E-state index in [4.69, 9.17) is 10.5 Å². The first-order valence-corrected chi connectivity index (χ1v) is 3.51. The van der Waals surface area contributed by atoms with Crippen LogP contribution in [0.2, 0.25) is 0 Å².